The van der Waals surface area contributed by atoms with Crippen molar-refractivity contribution < 1.29 is 9.66 Å². The molecule has 1 aliphatic carbocycles. The zero-order chi connectivity index (χ0) is 18.0. The Labute approximate surface area is 148 Å². The number of rotatable bonds is 6. The van der Waals surface area contributed by atoms with Crippen molar-refractivity contribution in [1.29, 1.82) is 0 Å². The number of nitro groups is 1. The van der Waals surface area contributed by atoms with Crippen molar-refractivity contribution in [2.45, 2.75) is 24.9 Å². The minimum Gasteiger partial charge on any atom is -0.379 e. The van der Waals surface area contributed by atoms with Crippen LogP contribution in [0.15, 0.2) is 35.3 Å². The van der Waals surface area contributed by atoms with Crippen LogP contribution in [-0.4, -0.2) is 34.0 Å². The summed E-state index contributed by atoms with van der Waals surface area (Å²) in [5, 5.41) is 17.9. The number of non-ortho nitro benzene ring substituents is 1. The number of methoxy groups -OCH3 is 1. The lowest BCUT2D eigenvalue weighted by Crippen LogP contribution is -2.45. The van der Waals surface area contributed by atoms with E-state index in [4.69, 9.17) is 16.3 Å². The number of nitrogens with zero attached hydrogens (tertiary/aromatic N) is 3. The van der Waals surface area contributed by atoms with E-state index in [-0.39, 0.29) is 16.3 Å². The Hall–Kier alpha value is -2.45. The quantitative estimate of drug-likeness (QED) is 0.625. The molecule has 1 aromatic heterocycles. The lowest BCUT2D eigenvalue weighted by Gasteiger charge is -2.40. The molecule has 2 aromatic rings. The van der Waals surface area contributed by atoms with Crippen molar-refractivity contribution in [3.05, 3.63) is 56.0 Å². The highest BCUT2D eigenvalue weighted by molar-refractivity contribution is 6.32. The van der Waals surface area contributed by atoms with Crippen LogP contribution < -0.4 is 10.9 Å². The molecule has 25 heavy (non-hydrogen) atoms. The molecule has 1 N–H and O–H groups in total. The van der Waals surface area contributed by atoms with Crippen molar-refractivity contribution in [1.82, 2.24) is 9.78 Å². The van der Waals surface area contributed by atoms with Crippen LogP contribution in [0.3, 0.4) is 0 Å². The van der Waals surface area contributed by atoms with Gasteiger partial charge in [-0.25, -0.2) is 0 Å². The molecule has 0 amide bonds. The molecule has 0 radical (unpaired) electrons. The first-order valence-electron chi connectivity index (χ1n) is 7.77. The molecule has 0 aliphatic heterocycles. The van der Waals surface area contributed by atoms with Gasteiger partial charge in [0.1, 0.15) is 5.02 Å². The largest absolute Gasteiger partial charge is 0.379 e. The Morgan fingerprint density at radius 1 is 1.40 bits per heavy atom. The number of nitrogens with one attached hydrogen (secondary N) is 1. The van der Waals surface area contributed by atoms with Crippen molar-refractivity contribution in [3.8, 4) is 5.69 Å². The normalized spacial score (nSPS) is 15.4. The first-order valence-corrected chi connectivity index (χ1v) is 8.15. The molecule has 3 rings (SSSR count). The molecule has 0 bridgehead atoms. The van der Waals surface area contributed by atoms with Gasteiger partial charge < -0.3 is 10.1 Å². The number of halogens is 1. The van der Waals surface area contributed by atoms with E-state index in [9.17, 15) is 14.9 Å². The first kappa shape index (κ1) is 17.4. The molecular weight excluding hydrogens is 348 g/mol. The number of hydrogen-bond donors (Lipinski definition) is 1. The third kappa shape index (κ3) is 3.35. The van der Waals surface area contributed by atoms with Gasteiger partial charge in [-0.2, -0.15) is 9.78 Å². The van der Waals surface area contributed by atoms with Gasteiger partial charge in [0, 0.05) is 25.8 Å². The Morgan fingerprint density at radius 3 is 2.60 bits per heavy atom. The van der Waals surface area contributed by atoms with Gasteiger partial charge in [0.2, 0.25) is 0 Å². The smallest absolute Gasteiger partial charge is 0.292 e. The molecule has 1 aromatic carbocycles. The number of benzene rings is 1. The van der Waals surface area contributed by atoms with Gasteiger partial charge in [0.25, 0.3) is 11.2 Å². The summed E-state index contributed by atoms with van der Waals surface area (Å²) in [5.41, 5.74) is 0.0630. The lowest BCUT2D eigenvalue weighted by molar-refractivity contribution is -0.384. The maximum atomic E-state index is 12.4. The summed E-state index contributed by atoms with van der Waals surface area (Å²) in [6.07, 6.45) is 4.50. The molecule has 132 valence electrons. The van der Waals surface area contributed by atoms with Crippen LogP contribution >= 0.6 is 11.6 Å². The van der Waals surface area contributed by atoms with Gasteiger partial charge in [-0.1, -0.05) is 11.6 Å². The Bertz CT molecular complexity index is 841. The predicted molar refractivity (Wildman–Crippen MR) is 93.6 cm³/mol. The third-order valence-electron chi connectivity index (χ3n) is 4.52. The second-order valence-electron chi connectivity index (χ2n) is 5.96. The van der Waals surface area contributed by atoms with E-state index in [1.165, 1.54) is 30.5 Å². The number of aromatic nitrogens is 2. The molecule has 1 heterocycles. The number of ether oxygens (including phenoxy) is 1. The SMILES string of the molecule is COC1(CNc2cnn(-c3ccc([N+](=O)[O-])cc3)c(=O)c2Cl)CCC1. The predicted octanol–water partition coefficient (Wildman–Crippen LogP) is 2.78. The van der Waals surface area contributed by atoms with Crippen molar-refractivity contribution in [2.75, 3.05) is 19.0 Å². The van der Waals surface area contributed by atoms with Crippen LogP contribution in [0.25, 0.3) is 5.69 Å². The average molecular weight is 365 g/mol. The highest BCUT2D eigenvalue weighted by Crippen LogP contribution is 2.35. The van der Waals surface area contributed by atoms with Gasteiger partial charge in [-0.3, -0.25) is 14.9 Å². The van der Waals surface area contributed by atoms with Crippen LogP contribution in [0.1, 0.15) is 19.3 Å². The third-order valence-corrected chi connectivity index (χ3v) is 4.89. The number of anilines is 1. The van der Waals surface area contributed by atoms with E-state index in [1.807, 2.05) is 0 Å². The van der Waals surface area contributed by atoms with Crippen molar-refractivity contribution in [2.24, 2.45) is 0 Å². The van der Waals surface area contributed by atoms with Crippen LogP contribution in [0.5, 0.6) is 0 Å². The van der Waals surface area contributed by atoms with E-state index in [1.54, 1.807) is 7.11 Å². The molecule has 1 aliphatic rings. The number of hydrogen-bond acceptors (Lipinski definition) is 6. The van der Waals surface area contributed by atoms with Gasteiger partial charge in [-0.05, 0) is 31.4 Å². The Morgan fingerprint density at radius 2 is 2.08 bits per heavy atom. The molecule has 0 spiro atoms. The second-order valence-corrected chi connectivity index (χ2v) is 6.33. The van der Waals surface area contributed by atoms with E-state index in [0.717, 1.165) is 23.9 Å². The summed E-state index contributed by atoms with van der Waals surface area (Å²) in [5.74, 6) is 0. The van der Waals surface area contributed by atoms with Crippen LogP contribution in [0, 0.1) is 10.1 Å². The molecule has 9 heteroatoms. The molecular formula is C16H17ClN4O4. The van der Waals surface area contributed by atoms with Crippen LogP contribution in [-0.2, 0) is 4.74 Å². The highest BCUT2D eigenvalue weighted by atomic mass is 35.5. The van der Waals surface area contributed by atoms with E-state index >= 15 is 0 Å². The van der Waals surface area contributed by atoms with Gasteiger partial charge in [-0.15, -0.1) is 0 Å². The van der Waals surface area contributed by atoms with Gasteiger partial charge >= 0.3 is 0 Å². The van der Waals surface area contributed by atoms with Crippen LogP contribution in [0.2, 0.25) is 5.02 Å². The molecule has 0 saturated heterocycles. The summed E-state index contributed by atoms with van der Waals surface area (Å²) in [7, 11) is 1.67. The summed E-state index contributed by atoms with van der Waals surface area (Å²) < 4.78 is 6.63. The monoisotopic (exact) mass is 364 g/mol. The van der Waals surface area contributed by atoms with Gasteiger partial charge in [0.05, 0.1) is 28.1 Å². The van der Waals surface area contributed by atoms with Gasteiger partial charge in [0.15, 0.2) is 0 Å². The lowest BCUT2D eigenvalue weighted by atomic mass is 9.80. The Kier molecular flexibility index (Phi) is 4.73. The average Bonchev–Trinajstić information content (AvgIpc) is 2.58. The van der Waals surface area contributed by atoms with E-state index < -0.39 is 10.5 Å². The van der Waals surface area contributed by atoms with E-state index in [0.29, 0.717) is 17.9 Å². The molecule has 1 fully saturated rings. The minimum absolute atomic E-state index is 0.0129. The first-order chi connectivity index (χ1) is 12.0. The fourth-order valence-corrected chi connectivity index (χ4v) is 2.93. The summed E-state index contributed by atoms with van der Waals surface area (Å²) in [6, 6.07) is 5.51. The fraction of sp³-hybridized carbons (Fsp3) is 0.375. The minimum atomic E-state index is -0.508. The Balaban J connectivity index is 1.82. The number of nitro benzene ring substituents is 1. The summed E-state index contributed by atoms with van der Waals surface area (Å²) >= 11 is 6.18. The molecule has 8 nitrogen and oxygen atoms in total. The van der Waals surface area contributed by atoms with Crippen molar-refractivity contribution in [3.63, 3.8) is 0 Å². The maximum absolute atomic E-state index is 12.4. The highest BCUT2D eigenvalue weighted by Gasteiger charge is 2.36. The second kappa shape index (κ2) is 6.81. The molecule has 0 atom stereocenters. The van der Waals surface area contributed by atoms with Crippen molar-refractivity contribution >= 4 is 23.0 Å². The maximum Gasteiger partial charge on any atom is 0.292 e. The summed E-state index contributed by atoms with van der Waals surface area (Å²) in [6.45, 7) is 0.548. The zero-order valence-electron chi connectivity index (χ0n) is 13.6. The van der Waals surface area contributed by atoms with Crippen LogP contribution in [0.4, 0.5) is 11.4 Å². The molecule has 1 saturated carbocycles. The van der Waals surface area contributed by atoms with E-state index in [2.05, 4.69) is 10.4 Å². The standard InChI is InChI=1S/C16H17ClN4O4/c1-25-16(7-2-8-16)10-18-13-9-19-20(15(22)14(13)17)11-3-5-12(6-4-11)21(23)24/h3-6,9,18H,2,7-8,10H2,1H3. The molecule has 0 unspecified atom stereocenters. The zero-order valence-corrected chi connectivity index (χ0v) is 14.3. The topological polar surface area (TPSA) is 99.3 Å². The summed E-state index contributed by atoms with van der Waals surface area (Å²) in [4.78, 5) is 22.6. The fourth-order valence-electron chi connectivity index (χ4n) is 2.74.